The Balaban J connectivity index is 1.63. The van der Waals surface area contributed by atoms with Crippen LogP contribution < -0.4 is 5.32 Å². The molecule has 148 valence electrons. The molecule has 0 aliphatic rings. The van der Waals surface area contributed by atoms with Gasteiger partial charge in [0.05, 0.1) is 16.5 Å². The van der Waals surface area contributed by atoms with Gasteiger partial charge < -0.3 is 10.1 Å². The maximum absolute atomic E-state index is 12.2. The van der Waals surface area contributed by atoms with Crippen molar-refractivity contribution >= 4 is 39.9 Å². The third-order valence-corrected chi connectivity index (χ3v) is 4.70. The topological polar surface area (TPSA) is 98.5 Å². The summed E-state index contributed by atoms with van der Waals surface area (Å²) in [6.07, 6.45) is 0. The Labute approximate surface area is 171 Å². The second kappa shape index (κ2) is 8.70. The molecule has 1 atom stereocenters. The number of esters is 1. The second-order valence-electron chi connectivity index (χ2n) is 6.36. The first-order chi connectivity index (χ1) is 13.9. The van der Waals surface area contributed by atoms with Crippen LogP contribution in [0.5, 0.6) is 0 Å². The van der Waals surface area contributed by atoms with Crippen molar-refractivity contribution in [1.82, 2.24) is 5.32 Å². The minimum absolute atomic E-state index is 0.0593. The van der Waals surface area contributed by atoms with E-state index in [-0.39, 0.29) is 16.6 Å². The van der Waals surface area contributed by atoms with Crippen molar-refractivity contribution in [3.8, 4) is 0 Å². The Morgan fingerprint density at radius 1 is 1.14 bits per heavy atom. The third-order valence-electron chi connectivity index (χ3n) is 4.38. The minimum atomic E-state index is -0.849. The molecule has 0 aliphatic carbocycles. The normalized spacial score (nSPS) is 11.7. The number of amides is 1. The smallest absolute Gasteiger partial charge is 0.338 e. The Hall–Kier alpha value is -3.45. The number of nitrogens with one attached hydrogen (secondary N) is 1. The molecule has 29 heavy (non-hydrogen) atoms. The summed E-state index contributed by atoms with van der Waals surface area (Å²) in [4.78, 5) is 34.5. The van der Waals surface area contributed by atoms with Gasteiger partial charge in [0.1, 0.15) is 5.02 Å². The van der Waals surface area contributed by atoms with Crippen LogP contribution in [0.4, 0.5) is 5.69 Å². The summed E-state index contributed by atoms with van der Waals surface area (Å²) in [5.41, 5.74) is 0.474. The number of fused-ring (bicyclic) bond motifs is 1. The molecule has 8 heteroatoms. The van der Waals surface area contributed by atoms with Gasteiger partial charge in [0.25, 0.3) is 11.6 Å². The Kier molecular flexibility index (Phi) is 6.09. The molecule has 7 nitrogen and oxygen atoms in total. The van der Waals surface area contributed by atoms with Gasteiger partial charge in [-0.05, 0) is 35.4 Å². The summed E-state index contributed by atoms with van der Waals surface area (Å²) in [5, 5.41) is 15.7. The van der Waals surface area contributed by atoms with Crippen LogP contribution in [0.3, 0.4) is 0 Å². The second-order valence-corrected chi connectivity index (χ2v) is 6.76. The van der Waals surface area contributed by atoms with Crippen LogP contribution in [0, 0.1) is 10.1 Å². The van der Waals surface area contributed by atoms with Crippen LogP contribution in [0.25, 0.3) is 10.8 Å². The molecular weight excluding hydrogens is 396 g/mol. The first kappa shape index (κ1) is 20.3. The van der Waals surface area contributed by atoms with E-state index >= 15 is 0 Å². The standard InChI is InChI=1S/C21H17ClN2O5/c1-13(16-8-4-6-14-5-2-3-7-17(14)16)23-20(25)12-29-21(26)15-9-10-18(22)19(11-15)24(27)28/h2-11,13H,12H2,1H3,(H,23,25)/t13-/m1/s1. The number of rotatable bonds is 6. The van der Waals surface area contributed by atoms with Crippen molar-refractivity contribution in [1.29, 1.82) is 0 Å². The maximum atomic E-state index is 12.2. The van der Waals surface area contributed by atoms with Crippen LogP contribution in [0.2, 0.25) is 5.02 Å². The van der Waals surface area contributed by atoms with Crippen LogP contribution in [-0.2, 0) is 9.53 Å². The van der Waals surface area contributed by atoms with Gasteiger partial charge >= 0.3 is 5.97 Å². The molecule has 0 spiro atoms. The molecule has 0 aliphatic heterocycles. The predicted octanol–water partition coefficient (Wildman–Crippen LogP) is 4.44. The van der Waals surface area contributed by atoms with E-state index in [2.05, 4.69) is 5.32 Å². The largest absolute Gasteiger partial charge is 0.452 e. The summed E-state index contributed by atoms with van der Waals surface area (Å²) in [6.45, 7) is 1.33. The van der Waals surface area contributed by atoms with E-state index in [1.54, 1.807) is 0 Å². The summed E-state index contributed by atoms with van der Waals surface area (Å²) in [7, 11) is 0. The van der Waals surface area contributed by atoms with Crippen molar-refractivity contribution in [3.63, 3.8) is 0 Å². The predicted molar refractivity (Wildman–Crippen MR) is 109 cm³/mol. The lowest BCUT2D eigenvalue weighted by Crippen LogP contribution is -2.31. The van der Waals surface area contributed by atoms with Gasteiger partial charge in [-0.25, -0.2) is 4.79 Å². The number of carbonyl (C=O) groups is 2. The molecule has 3 aromatic carbocycles. The van der Waals surface area contributed by atoms with Gasteiger partial charge in [-0.2, -0.15) is 0 Å². The zero-order chi connectivity index (χ0) is 21.0. The Morgan fingerprint density at radius 3 is 2.62 bits per heavy atom. The van der Waals surface area contributed by atoms with Crippen LogP contribution in [0.1, 0.15) is 28.9 Å². The summed E-state index contributed by atoms with van der Waals surface area (Å²) >= 11 is 5.72. The first-order valence-electron chi connectivity index (χ1n) is 8.75. The van der Waals surface area contributed by atoms with Gasteiger partial charge in [-0.1, -0.05) is 54.1 Å². The summed E-state index contributed by atoms with van der Waals surface area (Å²) < 4.78 is 4.97. The number of nitro benzene ring substituents is 1. The van der Waals surface area contributed by atoms with E-state index < -0.39 is 29.1 Å². The van der Waals surface area contributed by atoms with Crippen molar-refractivity contribution < 1.29 is 19.2 Å². The van der Waals surface area contributed by atoms with Gasteiger partial charge in [0, 0.05) is 6.07 Å². The van der Waals surface area contributed by atoms with E-state index in [1.807, 2.05) is 49.4 Å². The molecule has 0 radical (unpaired) electrons. The fraction of sp³-hybridized carbons (Fsp3) is 0.143. The van der Waals surface area contributed by atoms with Crippen LogP contribution in [-0.4, -0.2) is 23.4 Å². The molecule has 0 saturated heterocycles. The highest BCUT2D eigenvalue weighted by Gasteiger charge is 2.19. The quantitative estimate of drug-likeness (QED) is 0.366. The van der Waals surface area contributed by atoms with Crippen molar-refractivity contribution in [2.45, 2.75) is 13.0 Å². The van der Waals surface area contributed by atoms with Crippen LogP contribution >= 0.6 is 11.6 Å². The number of ether oxygens (including phenoxy) is 1. The summed E-state index contributed by atoms with van der Waals surface area (Å²) in [5.74, 6) is -1.33. The molecular formula is C21H17ClN2O5. The number of benzene rings is 3. The Morgan fingerprint density at radius 2 is 1.86 bits per heavy atom. The third kappa shape index (κ3) is 4.70. The molecule has 0 saturated carbocycles. The number of hydrogen-bond acceptors (Lipinski definition) is 5. The molecule has 1 N–H and O–H groups in total. The highest BCUT2D eigenvalue weighted by molar-refractivity contribution is 6.32. The maximum Gasteiger partial charge on any atom is 0.338 e. The average molecular weight is 413 g/mol. The lowest BCUT2D eigenvalue weighted by molar-refractivity contribution is -0.384. The van der Waals surface area contributed by atoms with Gasteiger partial charge in [-0.3, -0.25) is 14.9 Å². The number of nitrogens with zero attached hydrogens (tertiary/aromatic N) is 1. The fourth-order valence-electron chi connectivity index (χ4n) is 2.98. The van der Waals surface area contributed by atoms with Gasteiger partial charge in [0.15, 0.2) is 6.61 Å². The zero-order valence-corrected chi connectivity index (χ0v) is 16.2. The summed E-state index contributed by atoms with van der Waals surface area (Å²) in [6, 6.07) is 16.9. The number of nitro groups is 1. The van der Waals surface area contributed by atoms with E-state index in [9.17, 15) is 19.7 Å². The minimum Gasteiger partial charge on any atom is -0.452 e. The van der Waals surface area contributed by atoms with E-state index in [1.165, 1.54) is 12.1 Å². The molecule has 0 fully saturated rings. The zero-order valence-electron chi connectivity index (χ0n) is 15.4. The van der Waals surface area contributed by atoms with Crippen molar-refractivity contribution in [2.75, 3.05) is 6.61 Å². The number of hydrogen-bond donors (Lipinski definition) is 1. The number of halogens is 1. The molecule has 0 heterocycles. The lowest BCUT2D eigenvalue weighted by atomic mass is 10.00. The number of carbonyl (C=O) groups excluding carboxylic acids is 2. The molecule has 3 aromatic rings. The van der Waals surface area contributed by atoms with Crippen LogP contribution in [0.15, 0.2) is 60.7 Å². The van der Waals surface area contributed by atoms with Gasteiger partial charge in [0.2, 0.25) is 0 Å². The first-order valence-corrected chi connectivity index (χ1v) is 9.12. The van der Waals surface area contributed by atoms with Gasteiger partial charge in [-0.15, -0.1) is 0 Å². The van der Waals surface area contributed by atoms with Crippen molar-refractivity contribution in [3.05, 3.63) is 86.9 Å². The molecule has 0 aromatic heterocycles. The van der Waals surface area contributed by atoms with E-state index in [4.69, 9.17) is 16.3 Å². The van der Waals surface area contributed by atoms with Crippen molar-refractivity contribution in [2.24, 2.45) is 0 Å². The SMILES string of the molecule is C[C@@H](NC(=O)COC(=O)c1ccc(Cl)c([N+](=O)[O-])c1)c1cccc2ccccc12. The molecule has 3 rings (SSSR count). The lowest BCUT2D eigenvalue weighted by Gasteiger charge is -2.16. The monoisotopic (exact) mass is 412 g/mol. The fourth-order valence-corrected chi connectivity index (χ4v) is 3.17. The van der Waals surface area contributed by atoms with E-state index in [0.717, 1.165) is 22.4 Å². The highest BCUT2D eigenvalue weighted by Crippen LogP contribution is 2.26. The Bertz CT molecular complexity index is 1090. The van der Waals surface area contributed by atoms with E-state index in [0.29, 0.717) is 0 Å². The average Bonchev–Trinajstić information content (AvgIpc) is 2.71. The molecule has 1 amide bonds. The molecule has 0 unspecified atom stereocenters. The highest BCUT2D eigenvalue weighted by atomic mass is 35.5. The molecule has 0 bridgehead atoms.